The number of nitrogens with one attached hydrogen (secondary N) is 1. The number of hydrogen-bond donors (Lipinski definition) is 1. The Hall–Kier alpha value is -1.90. The van der Waals surface area contributed by atoms with Crippen LogP contribution >= 0.6 is 0 Å². The first-order valence-electron chi connectivity index (χ1n) is 6.51. The van der Waals surface area contributed by atoms with Crippen LogP contribution in [0.25, 0.3) is 0 Å². The summed E-state index contributed by atoms with van der Waals surface area (Å²) in [6, 6.07) is 12.2. The largest absolute Gasteiger partial charge is 0.380 e. The van der Waals surface area contributed by atoms with Crippen LogP contribution in [0, 0.1) is 11.6 Å². The van der Waals surface area contributed by atoms with E-state index in [1.54, 1.807) is 0 Å². The summed E-state index contributed by atoms with van der Waals surface area (Å²) in [5.74, 6) is -1.07. The second kappa shape index (κ2) is 5.00. The van der Waals surface area contributed by atoms with Crippen LogP contribution in [-0.4, -0.2) is 6.04 Å². The summed E-state index contributed by atoms with van der Waals surface area (Å²) in [6.07, 6.45) is 2.84. The lowest BCUT2D eigenvalue weighted by Crippen LogP contribution is -2.27. The van der Waals surface area contributed by atoms with Crippen LogP contribution in [0.3, 0.4) is 0 Å². The Bertz CT molecular complexity index is 595. The van der Waals surface area contributed by atoms with Gasteiger partial charge in [-0.25, -0.2) is 8.78 Å². The van der Waals surface area contributed by atoms with Crippen LogP contribution in [0.4, 0.5) is 14.5 Å². The number of anilines is 1. The van der Waals surface area contributed by atoms with Crippen molar-refractivity contribution in [2.45, 2.75) is 25.3 Å². The predicted molar refractivity (Wildman–Crippen MR) is 72.2 cm³/mol. The van der Waals surface area contributed by atoms with Gasteiger partial charge in [-0.1, -0.05) is 24.3 Å². The Balaban J connectivity index is 1.75. The number of halogens is 2. The predicted octanol–water partition coefficient (Wildman–Crippen LogP) is 3.93. The fourth-order valence-electron chi connectivity index (χ4n) is 2.65. The van der Waals surface area contributed by atoms with Gasteiger partial charge in [0, 0.05) is 12.1 Å². The fraction of sp³-hybridized carbons (Fsp3) is 0.250. The molecule has 1 unspecified atom stereocenters. The quantitative estimate of drug-likeness (QED) is 0.861. The summed E-state index contributed by atoms with van der Waals surface area (Å²) in [5, 5.41) is 3.18. The van der Waals surface area contributed by atoms with Crippen LogP contribution < -0.4 is 5.32 Å². The maximum absolute atomic E-state index is 13.6. The Morgan fingerprint density at radius 2 is 1.79 bits per heavy atom. The van der Waals surface area contributed by atoms with Gasteiger partial charge in [0.25, 0.3) is 0 Å². The number of hydrogen-bond acceptors (Lipinski definition) is 1. The molecule has 0 aliphatic heterocycles. The fourth-order valence-corrected chi connectivity index (χ4v) is 2.65. The van der Waals surface area contributed by atoms with Crippen molar-refractivity contribution >= 4 is 5.69 Å². The first kappa shape index (κ1) is 12.2. The lowest BCUT2D eigenvalue weighted by molar-refractivity contribution is 0.573. The topological polar surface area (TPSA) is 12.0 Å². The molecule has 0 bridgehead atoms. The molecular weight excluding hydrogens is 244 g/mol. The first-order valence-corrected chi connectivity index (χ1v) is 6.51. The van der Waals surface area contributed by atoms with E-state index in [-0.39, 0.29) is 6.04 Å². The van der Waals surface area contributed by atoms with Gasteiger partial charge in [-0.3, -0.25) is 0 Å². The van der Waals surface area contributed by atoms with Crippen LogP contribution in [0.1, 0.15) is 17.5 Å². The third-order valence-corrected chi connectivity index (χ3v) is 3.64. The highest BCUT2D eigenvalue weighted by Gasteiger charge is 2.18. The standard InChI is InChI=1S/C16H15F2N/c17-13-6-8-16(15(18)10-13)19-14-7-5-11-3-1-2-4-12(11)9-14/h1-4,6,8,10,14,19H,5,7,9H2. The van der Waals surface area contributed by atoms with E-state index < -0.39 is 11.6 Å². The van der Waals surface area contributed by atoms with Crippen LogP contribution in [0.5, 0.6) is 0 Å². The zero-order chi connectivity index (χ0) is 13.2. The SMILES string of the molecule is Fc1ccc(NC2CCc3ccccc3C2)c(F)c1. The molecule has 19 heavy (non-hydrogen) atoms. The summed E-state index contributed by atoms with van der Waals surface area (Å²) in [7, 11) is 0. The van der Waals surface area contributed by atoms with Gasteiger partial charge in [0.2, 0.25) is 0 Å². The molecule has 98 valence electrons. The molecule has 2 aromatic carbocycles. The van der Waals surface area contributed by atoms with Crippen LogP contribution in [0.15, 0.2) is 42.5 Å². The summed E-state index contributed by atoms with van der Waals surface area (Å²) in [4.78, 5) is 0. The molecule has 1 aliphatic rings. The third kappa shape index (κ3) is 2.60. The van der Waals surface area contributed by atoms with E-state index in [0.717, 1.165) is 25.3 Å². The summed E-state index contributed by atoms with van der Waals surface area (Å²) < 4.78 is 26.5. The van der Waals surface area contributed by atoms with Crippen molar-refractivity contribution in [1.29, 1.82) is 0 Å². The van der Waals surface area contributed by atoms with Crippen molar-refractivity contribution in [2.24, 2.45) is 0 Å². The van der Waals surface area contributed by atoms with Gasteiger partial charge in [0.1, 0.15) is 11.6 Å². The molecule has 0 radical (unpaired) electrons. The molecule has 1 atom stereocenters. The highest BCUT2D eigenvalue weighted by atomic mass is 19.1. The molecule has 1 N–H and O–H groups in total. The number of fused-ring (bicyclic) bond motifs is 1. The van der Waals surface area contributed by atoms with Gasteiger partial charge < -0.3 is 5.32 Å². The molecule has 0 spiro atoms. The minimum absolute atomic E-state index is 0.204. The molecule has 1 aliphatic carbocycles. The Morgan fingerprint density at radius 3 is 2.58 bits per heavy atom. The third-order valence-electron chi connectivity index (χ3n) is 3.64. The highest BCUT2D eigenvalue weighted by Crippen LogP contribution is 2.24. The number of rotatable bonds is 2. The normalized spacial score (nSPS) is 17.9. The van der Waals surface area contributed by atoms with Gasteiger partial charge in [0.05, 0.1) is 5.69 Å². The van der Waals surface area contributed by atoms with Crippen molar-refractivity contribution in [1.82, 2.24) is 0 Å². The first-order chi connectivity index (χ1) is 9.22. The molecule has 3 heteroatoms. The molecule has 2 aromatic rings. The smallest absolute Gasteiger partial charge is 0.149 e. The van der Waals surface area contributed by atoms with Gasteiger partial charge in [-0.15, -0.1) is 0 Å². The zero-order valence-corrected chi connectivity index (χ0v) is 10.5. The highest BCUT2D eigenvalue weighted by molar-refractivity contribution is 5.46. The minimum Gasteiger partial charge on any atom is -0.380 e. The van der Waals surface area contributed by atoms with E-state index in [9.17, 15) is 8.78 Å². The molecule has 0 amide bonds. The van der Waals surface area contributed by atoms with Crippen molar-refractivity contribution in [3.8, 4) is 0 Å². The van der Waals surface area contributed by atoms with E-state index in [1.165, 1.54) is 23.3 Å². The minimum atomic E-state index is -0.544. The van der Waals surface area contributed by atoms with Crippen LogP contribution in [-0.2, 0) is 12.8 Å². The summed E-state index contributed by atoms with van der Waals surface area (Å²) in [6.45, 7) is 0. The molecule has 0 fully saturated rings. The van der Waals surface area contributed by atoms with Gasteiger partial charge in [-0.2, -0.15) is 0 Å². The molecule has 0 aromatic heterocycles. The van der Waals surface area contributed by atoms with E-state index >= 15 is 0 Å². The Kier molecular flexibility index (Phi) is 3.20. The van der Waals surface area contributed by atoms with E-state index in [2.05, 4.69) is 17.4 Å². The van der Waals surface area contributed by atoms with Crippen molar-refractivity contribution in [2.75, 3.05) is 5.32 Å². The van der Waals surface area contributed by atoms with Gasteiger partial charge in [-0.05, 0) is 42.5 Å². The van der Waals surface area contributed by atoms with E-state index in [0.29, 0.717) is 5.69 Å². The molecular formula is C16H15F2N. The summed E-state index contributed by atoms with van der Waals surface area (Å²) in [5.41, 5.74) is 3.07. The second-order valence-electron chi connectivity index (χ2n) is 4.98. The average Bonchev–Trinajstić information content (AvgIpc) is 2.42. The van der Waals surface area contributed by atoms with E-state index in [1.807, 2.05) is 12.1 Å². The Labute approximate surface area is 111 Å². The number of benzene rings is 2. The van der Waals surface area contributed by atoms with Gasteiger partial charge in [0.15, 0.2) is 0 Å². The van der Waals surface area contributed by atoms with Crippen molar-refractivity contribution in [3.63, 3.8) is 0 Å². The maximum atomic E-state index is 13.6. The Morgan fingerprint density at radius 1 is 1.00 bits per heavy atom. The zero-order valence-electron chi connectivity index (χ0n) is 10.5. The molecule has 0 saturated heterocycles. The van der Waals surface area contributed by atoms with Gasteiger partial charge >= 0.3 is 0 Å². The monoisotopic (exact) mass is 259 g/mol. The molecule has 0 saturated carbocycles. The lowest BCUT2D eigenvalue weighted by Gasteiger charge is -2.26. The van der Waals surface area contributed by atoms with Crippen molar-refractivity contribution in [3.05, 3.63) is 65.2 Å². The maximum Gasteiger partial charge on any atom is 0.149 e. The number of aryl methyl sites for hydroxylation is 1. The summed E-state index contributed by atoms with van der Waals surface area (Å²) >= 11 is 0. The average molecular weight is 259 g/mol. The van der Waals surface area contributed by atoms with E-state index in [4.69, 9.17) is 0 Å². The second-order valence-corrected chi connectivity index (χ2v) is 4.98. The molecule has 1 nitrogen and oxygen atoms in total. The molecule has 3 rings (SSSR count). The van der Waals surface area contributed by atoms with Crippen LogP contribution in [0.2, 0.25) is 0 Å². The van der Waals surface area contributed by atoms with Crippen molar-refractivity contribution < 1.29 is 8.78 Å². The molecule has 0 heterocycles. The lowest BCUT2D eigenvalue weighted by atomic mass is 9.88.